The second kappa shape index (κ2) is 4.98. The van der Waals surface area contributed by atoms with Crippen molar-refractivity contribution in [2.24, 2.45) is 5.41 Å². The first-order chi connectivity index (χ1) is 8.88. The predicted octanol–water partition coefficient (Wildman–Crippen LogP) is 3.47. The molecule has 1 saturated carbocycles. The zero-order chi connectivity index (χ0) is 14.1. The fourth-order valence-corrected chi connectivity index (χ4v) is 2.36. The Morgan fingerprint density at radius 3 is 2.47 bits per heavy atom. The molecule has 0 aliphatic heterocycles. The van der Waals surface area contributed by atoms with Crippen molar-refractivity contribution < 1.29 is 0 Å². The smallest absolute Gasteiger partial charge is 0.0703 e. The number of aryl methyl sites for hydroxylation is 2. The number of benzene rings is 1. The summed E-state index contributed by atoms with van der Waals surface area (Å²) in [5.41, 5.74) is 4.10. The summed E-state index contributed by atoms with van der Waals surface area (Å²) >= 11 is 0. The van der Waals surface area contributed by atoms with Gasteiger partial charge in [0, 0.05) is 18.5 Å². The number of hydrogen-bond acceptors (Lipinski definition) is 2. The molecule has 0 aromatic heterocycles. The molecule has 1 aliphatic carbocycles. The molecule has 0 atom stereocenters. The van der Waals surface area contributed by atoms with Gasteiger partial charge in [-0.3, -0.25) is 0 Å². The van der Waals surface area contributed by atoms with Gasteiger partial charge >= 0.3 is 0 Å². The summed E-state index contributed by atoms with van der Waals surface area (Å²) in [6, 6.07) is 9.14. The van der Waals surface area contributed by atoms with Crippen LogP contribution >= 0.6 is 0 Å². The highest BCUT2D eigenvalue weighted by molar-refractivity contribution is 5.34. The number of nitrogens with one attached hydrogen (secondary N) is 1. The van der Waals surface area contributed by atoms with Gasteiger partial charge in [-0.1, -0.05) is 32.0 Å². The Morgan fingerprint density at radius 2 is 1.95 bits per heavy atom. The van der Waals surface area contributed by atoms with E-state index in [0.717, 1.165) is 25.9 Å². The van der Waals surface area contributed by atoms with Crippen LogP contribution in [-0.2, 0) is 5.41 Å². The molecule has 1 aliphatic rings. The SMILES string of the molecule is Cc1ccc(C(C)(C)CNCC2(C#N)CC2)cc1C. The van der Waals surface area contributed by atoms with E-state index in [1.807, 2.05) is 0 Å². The zero-order valence-corrected chi connectivity index (χ0v) is 12.5. The summed E-state index contributed by atoms with van der Waals surface area (Å²) in [5, 5.41) is 12.6. The molecule has 19 heavy (non-hydrogen) atoms. The lowest BCUT2D eigenvalue weighted by Crippen LogP contribution is -2.36. The molecule has 102 valence electrons. The van der Waals surface area contributed by atoms with Crippen molar-refractivity contribution in [3.8, 4) is 6.07 Å². The first-order valence-electron chi connectivity index (χ1n) is 7.08. The summed E-state index contributed by atoms with van der Waals surface area (Å²) in [6.07, 6.45) is 2.11. The van der Waals surface area contributed by atoms with E-state index in [4.69, 9.17) is 5.26 Å². The summed E-state index contributed by atoms with van der Waals surface area (Å²) in [4.78, 5) is 0. The van der Waals surface area contributed by atoms with E-state index >= 15 is 0 Å². The van der Waals surface area contributed by atoms with Crippen LogP contribution in [0.15, 0.2) is 18.2 Å². The van der Waals surface area contributed by atoms with Gasteiger partial charge in [0.05, 0.1) is 11.5 Å². The number of nitrogens with zero attached hydrogens (tertiary/aromatic N) is 1. The van der Waals surface area contributed by atoms with Crippen molar-refractivity contribution in [2.75, 3.05) is 13.1 Å². The van der Waals surface area contributed by atoms with Crippen LogP contribution in [0.5, 0.6) is 0 Å². The van der Waals surface area contributed by atoms with Crippen LogP contribution < -0.4 is 5.32 Å². The number of nitriles is 1. The van der Waals surface area contributed by atoms with E-state index in [1.165, 1.54) is 16.7 Å². The van der Waals surface area contributed by atoms with Gasteiger partial charge in [0.15, 0.2) is 0 Å². The lowest BCUT2D eigenvalue weighted by atomic mass is 9.83. The highest BCUT2D eigenvalue weighted by Gasteiger charge is 2.42. The van der Waals surface area contributed by atoms with Crippen LogP contribution in [0.3, 0.4) is 0 Å². The van der Waals surface area contributed by atoms with Crippen LogP contribution in [0.25, 0.3) is 0 Å². The predicted molar refractivity (Wildman–Crippen MR) is 79.1 cm³/mol. The van der Waals surface area contributed by atoms with E-state index in [-0.39, 0.29) is 10.8 Å². The van der Waals surface area contributed by atoms with Crippen molar-refractivity contribution in [3.63, 3.8) is 0 Å². The highest BCUT2D eigenvalue weighted by atomic mass is 14.9. The monoisotopic (exact) mass is 256 g/mol. The molecule has 2 rings (SSSR count). The van der Waals surface area contributed by atoms with Crippen molar-refractivity contribution in [2.45, 2.75) is 46.0 Å². The molecular formula is C17H24N2. The highest BCUT2D eigenvalue weighted by Crippen LogP contribution is 2.44. The number of rotatable bonds is 5. The maximum Gasteiger partial charge on any atom is 0.0703 e. The summed E-state index contributed by atoms with van der Waals surface area (Å²) in [5.74, 6) is 0. The second-order valence-corrected chi connectivity index (χ2v) is 6.68. The molecule has 2 heteroatoms. The molecule has 1 N–H and O–H groups in total. The van der Waals surface area contributed by atoms with Gasteiger partial charge < -0.3 is 5.32 Å². The summed E-state index contributed by atoms with van der Waals surface area (Å²) in [7, 11) is 0. The lowest BCUT2D eigenvalue weighted by Gasteiger charge is -2.27. The standard InChI is InChI=1S/C17H24N2/c1-13-5-6-15(9-14(13)2)16(3,4)11-19-12-17(10-18)7-8-17/h5-6,9,19H,7-8,11-12H2,1-4H3. The molecule has 2 nitrogen and oxygen atoms in total. The Bertz CT molecular complexity index is 504. The summed E-state index contributed by atoms with van der Waals surface area (Å²) in [6.45, 7) is 10.6. The topological polar surface area (TPSA) is 35.8 Å². The van der Waals surface area contributed by atoms with Gasteiger partial charge in [0.2, 0.25) is 0 Å². The average molecular weight is 256 g/mol. The van der Waals surface area contributed by atoms with Gasteiger partial charge in [-0.25, -0.2) is 0 Å². The average Bonchev–Trinajstić information content (AvgIpc) is 3.13. The molecule has 1 aromatic carbocycles. The van der Waals surface area contributed by atoms with Crippen molar-refractivity contribution in [3.05, 3.63) is 34.9 Å². The van der Waals surface area contributed by atoms with Crippen LogP contribution in [-0.4, -0.2) is 13.1 Å². The number of hydrogen-bond donors (Lipinski definition) is 1. The van der Waals surface area contributed by atoms with Crippen LogP contribution in [0.4, 0.5) is 0 Å². The van der Waals surface area contributed by atoms with E-state index in [1.54, 1.807) is 0 Å². The van der Waals surface area contributed by atoms with E-state index in [2.05, 4.69) is 57.3 Å². The Hall–Kier alpha value is -1.33. The van der Waals surface area contributed by atoms with Crippen molar-refractivity contribution >= 4 is 0 Å². The Kier molecular flexibility index (Phi) is 3.69. The Morgan fingerprint density at radius 1 is 1.26 bits per heavy atom. The normalized spacial score (nSPS) is 17.0. The zero-order valence-electron chi connectivity index (χ0n) is 12.5. The Balaban J connectivity index is 1.97. The van der Waals surface area contributed by atoms with Gasteiger partial charge in [-0.15, -0.1) is 0 Å². The van der Waals surface area contributed by atoms with Gasteiger partial charge in [0.1, 0.15) is 0 Å². The fraction of sp³-hybridized carbons (Fsp3) is 0.588. The minimum Gasteiger partial charge on any atom is -0.314 e. The molecule has 0 heterocycles. The summed E-state index contributed by atoms with van der Waals surface area (Å²) < 4.78 is 0. The minimum atomic E-state index is -0.0563. The van der Waals surface area contributed by atoms with Gasteiger partial charge in [-0.05, 0) is 43.4 Å². The third-order valence-electron chi connectivity index (χ3n) is 4.41. The molecule has 1 fully saturated rings. The maximum atomic E-state index is 9.08. The van der Waals surface area contributed by atoms with E-state index < -0.39 is 0 Å². The van der Waals surface area contributed by atoms with Crippen LogP contribution in [0.2, 0.25) is 0 Å². The fourth-order valence-electron chi connectivity index (χ4n) is 2.36. The van der Waals surface area contributed by atoms with Gasteiger partial charge in [0.25, 0.3) is 0 Å². The molecular weight excluding hydrogens is 232 g/mol. The molecule has 0 unspecified atom stereocenters. The van der Waals surface area contributed by atoms with Crippen LogP contribution in [0, 0.1) is 30.6 Å². The molecule has 1 aromatic rings. The first kappa shape index (κ1) is 14.1. The van der Waals surface area contributed by atoms with Gasteiger partial charge in [-0.2, -0.15) is 5.26 Å². The van der Waals surface area contributed by atoms with Crippen molar-refractivity contribution in [1.29, 1.82) is 5.26 Å². The molecule has 0 radical (unpaired) electrons. The second-order valence-electron chi connectivity index (χ2n) is 6.68. The lowest BCUT2D eigenvalue weighted by molar-refractivity contribution is 0.443. The molecule has 0 bridgehead atoms. The molecule has 0 saturated heterocycles. The van der Waals surface area contributed by atoms with Crippen LogP contribution in [0.1, 0.15) is 43.4 Å². The largest absolute Gasteiger partial charge is 0.314 e. The quantitative estimate of drug-likeness (QED) is 0.875. The Labute approximate surface area is 116 Å². The third-order valence-corrected chi connectivity index (χ3v) is 4.41. The van der Waals surface area contributed by atoms with E-state index in [0.29, 0.717) is 0 Å². The van der Waals surface area contributed by atoms with Crippen molar-refractivity contribution in [1.82, 2.24) is 5.32 Å². The third kappa shape index (κ3) is 3.16. The van der Waals surface area contributed by atoms with E-state index in [9.17, 15) is 0 Å². The minimum absolute atomic E-state index is 0.0563. The molecule has 0 amide bonds. The first-order valence-corrected chi connectivity index (χ1v) is 7.08. The molecule has 0 spiro atoms. The maximum absolute atomic E-state index is 9.08.